The Balaban J connectivity index is 1.53. The van der Waals surface area contributed by atoms with E-state index in [1.54, 1.807) is 0 Å². The second kappa shape index (κ2) is 7.01. The minimum absolute atomic E-state index is 0.0504. The van der Waals surface area contributed by atoms with Gasteiger partial charge in [0.25, 0.3) is 0 Å². The highest BCUT2D eigenvalue weighted by atomic mass is 16.6. The number of carbonyl (C=O) groups is 1. The van der Waals surface area contributed by atoms with Gasteiger partial charge in [-0.15, -0.1) is 0 Å². The van der Waals surface area contributed by atoms with Crippen LogP contribution in [0.1, 0.15) is 38.5 Å². The van der Waals surface area contributed by atoms with Crippen molar-refractivity contribution in [2.24, 2.45) is 28.8 Å². The molecule has 0 radical (unpaired) electrons. The summed E-state index contributed by atoms with van der Waals surface area (Å²) in [5.41, 5.74) is 0.850. The third-order valence-corrected chi connectivity index (χ3v) is 5.61. The molecule has 3 saturated carbocycles. The van der Waals surface area contributed by atoms with Crippen LogP contribution in [0.15, 0.2) is 17.3 Å². The Hall–Kier alpha value is -1.40. The molecule has 3 aliphatic carbocycles. The maximum atomic E-state index is 10.4. The SMILES string of the molecule is O=C(O)CON=C1C[C@H]2C(C=CC(O)C3CCCC3)C(O)C[C@H]12. The standard InChI is InChI=1S/C17H25NO5/c19-15(10-3-1-2-4-10)6-5-11-12-7-14(13(12)8-16(11)20)18-23-9-17(21)22/h5-6,10-13,15-16,19-20H,1-4,7-9H2,(H,21,22)/t11?,12-,13-,15?,16?/m0/s1. The lowest BCUT2D eigenvalue weighted by atomic mass is 9.71. The molecule has 3 aliphatic rings. The van der Waals surface area contributed by atoms with E-state index in [1.807, 2.05) is 12.2 Å². The summed E-state index contributed by atoms with van der Waals surface area (Å²) in [4.78, 5) is 15.2. The molecular formula is C17H25NO5. The topological polar surface area (TPSA) is 99.4 Å². The monoisotopic (exact) mass is 323 g/mol. The number of carboxylic acids is 1. The van der Waals surface area contributed by atoms with Crippen molar-refractivity contribution in [3.05, 3.63) is 12.2 Å². The van der Waals surface area contributed by atoms with Crippen molar-refractivity contribution < 1.29 is 25.0 Å². The highest BCUT2D eigenvalue weighted by Crippen LogP contribution is 2.49. The molecule has 23 heavy (non-hydrogen) atoms. The lowest BCUT2D eigenvalue weighted by molar-refractivity contribution is -0.142. The first-order valence-corrected chi connectivity index (χ1v) is 8.51. The number of aliphatic carboxylic acids is 1. The average Bonchev–Trinajstić information content (AvgIpc) is 3.10. The van der Waals surface area contributed by atoms with E-state index in [0.29, 0.717) is 18.3 Å². The summed E-state index contributed by atoms with van der Waals surface area (Å²) in [5, 5.41) is 32.9. The second-order valence-corrected chi connectivity index (χ2v) is 7.02. The number of fused-ring (bicyclic) bond motifs is 1. The fourth-order valence-corrected chi connectivity index (χ4v) is 4.28. The molecule has 0 amide bonds. The molecule has 3 N–H and O–H groups in total. The number of hydrogen-bond donors (Lipinski definition) is 3. The summed E-state index contributed by atoms with van der Waals surface area (Å²) in [7, 11) is 0. The Kier molecular flexibility index (Phi) is 5.02. The summed E-state index contributed by atoms with van der Waals surface area (Å²) in [6.45, 7) is -0.430. The molecular weight excluding hydrogens is 298 g/mol. The first-order chi connectivity index (χ1) is 11.1. The summed E-state index contributed by atoms with van der Waals surface area (Å²) >= 11 is 0. The van der Waals surface area contributed by atoms with Gasteiger partial charge in [0.15, 0.2) is 0 Å². The second-order valence-electron chi connectivity index (χ2n) is 7.02. The maximum absolute atomic E-state index is 10.4. The van der Waals surface area contributed by atoms with Crippen LogP contribution in [-0.4, -0.2) is 45.8 Å². The Morgan fingerprint density at radius 3 is 2.83 bits per heavy atom. The number of rotatable bonds is 6. The molecule has 0 spiro atoms. The van der Waals surface area contributed by atoms with Crippen LogP contribution < -0.4 is 0 Å². The molecule has 0 aromatic carbocycles. The van der Waals surface area contributed by atoms with E-state index in [0.717, 1.165) is 25.0 Å². The van der Waals surface area contributed by atoms with Gasteiger partial charge in [0.1, 0.15) is 0 Å². The van der Waals surface area contributed by atoms with Crippen LogP contribution >= 0.6 is 0 Å². The molecule has 0 aromatic rings. The fraction of sp³-hybridized carbons (Fsp3) is 0.765. The number of aliphatic hydroxyl groups is 2. The molecule has 0 heterocycles. The zero-order valence-electron chi connectivity index (χ0n) is 13.2. The van der Waals surface area contributed by atoms with Gasteiger partial charge in [0.2, 0.25) is 6.61 Å². The molecule has 0 aromatic heterocycles. The van der Waals surface area contributed by atoms with E-state index < -0.39 is 24.8 Å². The van der Waals surface area contributed by atoms with Crippen LogP contribution in [0.5, 0.6) is 0 Å². The van der Waals surface area contributed by atoms with Gasteiger partial charge in [0, 0.05) is 11.8 Å². The number of carboxylic acid groups (broad SMARTS) is 1. The van der Waals surface area contributed by atoms with Crippen LogP contribution in [0.3, 0.4) is 0 Å². The smallest absolute Gasteiger partial charge is 0.344 e. The lowest BCUT2D eigenvalue weighted by Crippen LogP contribution is -2.36. The quantitative estimate of drug-likeness (QED) is 0.509. The molecule has 0 aliphatic heterocycles. The van der Waals surface area contributed by atoms with Crippen LogP contribution in [0.2, 0.25) is 0 Å². The van der Waals surface area contributed by atoms with Crippen LogP contribution in [0.25, 0.3) is 0 Å². The van der Waals surface area contributed by atoms with Crippen molar-refractivity contribution in [3.8, 4) is 0 Å². The maximum Gasteiger partial charge on any atom is 0.344 e. The normalized spacial score (nSPS) is 37.0. The predicted octanol–water partition coefficient (Wildman–Crippen LogP) is 1.57. The van der Waals surface area contributed by atoms with Crippen LogP contribution in [0, 0.1) is 23.7 Å². The zero-order chi connectivity index (χ0) is 16.4. The molecule has 128 valence electrons. The largest absolute Gasteiger partial charge is 0.479 e. The van der Waals surface area contributed by atoms with Gasteiger partial charge < -0.3 is 20.2 Å². The van der Waals surface area contributed by atoms with Crippen molar-refractivity contribution in [1.82, 2.24) is 0 Å². The number of aliphatic hydroxyl groups excluding tert-OH is 2. The van der Waals surface area contributed by atoms with E-state index in [4.69, 9.17) is 9.94 Å². The zero-order valence-corrected chi connectivity index (χ0v) is 13.2. The van der Waals surface area contributed by atoms with Crippen molar-refractivity contribution in [1.29, 1.82) is 0 Å². The summed E-state index contributed by atoms with van der Waals surface area (Å²) in [5.74, 6) is -0.127. The molecule has 3 unspecified atom stereocenters. The van der Waals surface area contributed by atoms with Crippen LogP contribution in [0.4, 0.5) is 0 Å². The Bertz CT molecular complexity index is 497. The van der Waals surface area contributed by atoms with Gasteiger partial charge in [-0.3, -0.25) is 0 Å². The van der Waals surface area contributed by atoms with E-state index >= 15 is 0 Å². The third kappa shape index (κ3) is 3.58. The third-order valence-electron chi connectivity index (χ3n) is 5.61. The lowest BCUT2D eigenvalue weighted by Gasteiger charge is -2.34. The van der Waals surface area contributed by atoms with Gasteiger partial charge in [0.05, 0.1) is 17.9 Å². The summed E-state index contributed by atoms with van der Waals surface area (Å²) in [6.07, 6.45) is 8.94. The van der Waals surface area contributed by atoms with E-state index in [2.05, 4.69) is 5.16 Å². The fourth-order valence-electron chi connectivity index (χ4n) is 4.28. The molecule has 0 saturated heterocycles. The Morgan fingerprint density at radius 2 is 2.13 bits per heavy atom. The molecule has 6 nitrogen and oxygen atoms in total. The minimum atomic E-state index is -1.04. The van der Waals surface area contributed by atoms with Crippen molar-refractivity contribution in [2.45, 2.75) is 50.7 Å². The molecule has 0 bridgehead atoms. The van der Waals surface area contributed by atoms with E-state index in [1.165, 1.54) is 12.8 Å². The molecule has 5 atom stereocenters. The van der Waals surface area contributed by atoms with Gasteiger partial charge in [-0.05, 0) is 37.5 Å². The average molecular weight is 323 g/mol. The van der Waals surface area contributed by atoms with Crippen molar-refractivity contribution in [3.63, 3.8) is 0 Å². The summed E-state index contributed by atoms with van der Waals surface area (Å²) in [6, 6.07) is 0. The van der Waals surface area contributed by atoms with Gasteiger partial charge in [-0.2, -0.15) is 0 Å². The Morgan fingerprint density at radius 1 is 1.39 bits per heavy atom. The van der Waals surface area contributed by atoms with E-state index in [9.17, 15) is 15.0 Å². The van der Waals surface area contributed by atoms with Gasteiger partial charge in [-0.25, -0.2) is 4.79 Å². The first kappa shape index (κ1) is 16.5. The first-order valence-electron chi connectivity index (χ1n) is 8.51. The number of oxime groups is 1. The molecule has 3 fully saturated rings. The van der Waals surface area contributed by atoms with E-state index in [-0.39, 0.29) is 11.8 Å². The number of nitrogens with zero attached hydrogens (tertiary/aromatic N) is 1. The summed E-state index contributed by atoms with van der Waals surface area (Å²) < 4.78 is 0. The predicted molar refractivity (Wildman–Crippen MR) is 83.8 cm³/mol. The van der Waals surface area contributed by atoms with Crippen LogP contribution in [-0.2, 0) is 9.63 Å². The molecule has 6 heteroatoms. The van der Waals surface area contributed by atoms with Crippen molar-refractivity contribution in [2.75, 3.05) is 6.61 Å². The minimum Gasteiger partial charge on any atom is -0.479 e. The Labute approximate surface area is 135 Å². The van der Waals surface area contributed by atoms with Gasteiger partial charge >= 0.3 is 5.97 Å². The highest BCUT2D eigenvalue weighted by Gasteiger charge is 2.51. The van der Waals surface area contributed by atoms with Crippen molar-refractivity contribution >= 4 is 11.7 Å². The van der Waals surface area contributed by atoms with Gasteiger partial charge in [-0.1, -0.05) is 30.1 Å². The molecule has 3 rings (SSSR count). The number of hydrogen-bond acceptors (Lipinski definition) is 5. The highest BCUT2D eigenvalue weighted by molar-refractivity contribution is 5.93.